The van der Waals surface area contributed by atoms with Crippen molar-refractivity contribution in [1.82, 2.24) is 29.0 Å². The Kier molecular flexibility index (Phi) is 7.95. The van der Waals surface area contributed by atoms with Crippen molar-refractivity contribution in [2.24, 2.45) is 0 Å². The number of hydrogen-bond donors (Lipinski definition) is 1. The van der Waals surface area contributed by atoms with E-state index in [1.807, 2.05) is 6.07 Å². The number of nitriles is 1. The van der Waals surface area contributed by atoms with E-state index >= 15 is 0 Å². The average Bonchev–Trinajstić information content (AvgIpc) is 3.34. The molecule has 1 saturated heterocycles. The fourth-order valence-electron chi connectivity index (χ4n) is 4.69. The van der Waals surface area contributed by atoms with Crippen LogP contribution in [-0.2, 0) is 26.6 Å². The van der Waals surface area contributed by atoms with Gasteiger partial charge in [0.2, 0.25) is 20.0 Å². The molecular weight excluding hydrogens is 643 g/mol. The van der Waals surface area contributed by atoms with Crippen molar-refractivity contribution in [3.8, 4) is 16.8 Å². The van der Waals surface area contributed by atoms with Gasteiger partial charge >= 0.3 is 6.18 Å². The molecule has 3 aromatic rings. The van der Waals surface area contributed by atoms with Gasteiger partial charge in [0, 0.05) is 31.6 Å². The number of alkyl halides is 5. The first kappa shape index (κ1) is 31.4. The van der Waals surface area contributed by atoms with E-state index in [4.69, 9.17) is 0 Å². The normalized spacial score (nSPS) is 18.1. The van der Waals surface area contributed by atoms with Crippen LogP contribution in [0.5, 0.6) is 0 Å². The maximum absolute atomic E-state index is 13.7. The fourth-order valence-corrected chi connectivity index (χ4v) is 8.07. The van der Waals surface area contributed by atoms with E-state index in [1.54, 1.807) is 4.90 Å². The van der Waals surface area contributed by atoms with E-state index in [1.165, 1.54) is 18.2 Å². The molecule has 12 nitrogen and oxygen atoms in total. The molecule has 0 unspecified atom stereocenters. The lowest BCUT2D eigenvalue weighted by molar-refractivity contribution is -0.141. The van der Waals surface area contributed by atoms with Crippen LogP contribution in [0.1, 0.15) is 38.1 Å². The van der Waals surface area contributed by atoms with Gasteiger partial charge in [-0.15, -0.1) is 10.2 Å². The fraction of sp³-hybridized carbons (Fsp3) is 0.565. The molecule has 0 atom stereocenters. The van der Waals surface area contributed by atoms with E-state index in [2.05, 4.69) is 20.0 Å². The van der Waals surface area contributed by atoms with Crippen LogP contribution in [0, 0.1) is 11.3 Å². The summed E-state index contributed by atoms with van der Waals surface area (Å²) in [5.41, 5.74) is -1.76. The summed E-state index contributed by atoms with van der Waals surface area (Å²) >= 11 is 0.400. The zero-order chi connectivity index (χ0) is 31.5. The molecular formula is C23H25F5N8O4S3. The minimum Gasteiger partial charge on any atom is -0.367 e. The number of hydrogen-bond acceptors (Lipinski definition) is 10. The average molecular weight is 669 g/mol. The monoisotopic (exact) mass is 668 g/mol. The van der Waals surface area contributed by atoms with Crippen molar-refractivity contribution >= 4 is 48.0 Å². The molecule has 0 spiro atoms. The molecule has 1 aliphatic carbocycles. The van der Waals surface area contributed by atoms with Gasteiger partial charge in [-0.1, -0.05) is 11.3 Å². The summed E-state index contributed by atoms with van der Waals surface area (Å²) in [6.07, 6.45) is -7.26. The van der Waals surface area contributed by atoms with E-state index in [0.717, 1.165) is 12.1 Å². The lowest BCUT2D eigenvalue weighted by atomic mass is 10.1. The van der Waals surface area contributed by atoms with Gasteiger partial charge in [-0.2, -0.15) is 32.6 Å². The van der Waals surface area contributed by atoms with Crippen molar-refractivity contribution in [2.75, 3.05) is 31.1 Å². The minimum atomic E-state index is -4.77. The predicted molar refractivity (Wildman–Crippen MR) is 145 cm³/mol. The number of halogens is 5. The molecule has 234 valence electrons. The number of aromatic nitrogens is 4. The maximum atomic E-state index is 13.7. The number of piperazine rings is 1. The highest BCUT2D eigenvalue weighted by molar-refractivity contribution is 7.89. The Balaban J connectivity index is 1.70. The first-order chi connectivity index (χ1) is 20.0. The van der Waals surface area contributed by atoms with Crippen LogP contribution in [-0.4, -0.2) is 84.3 Å². The molecule has 0 amide bonds. The molecule has 2 fully saturated rings. The van der Waals surface area contributed by atoms with Crippen LogP contribution in [0.4, 0.5) is 27.6 Å². The summed E-state index contributed by atoms with van der Waals surface area (Å²) in [5.74, 6) is 0. The first-order valence-electron chi connectivity index (χ1n) is 12.9. The molecule has 0 radical (unpaired) electrons. The van der Waals surface area contributed by atoms with Crippen molar-refractivity contribution in [3.63, 3.8) is 0 Å². The van der Waals surface area contributed by atoms with Crippen molar-refractivity contribution in [2.45, 2.75) is 61.5 Å². The van der Waals surface area contributed by atoms with Gasteiger partial charge in [-0.05, 0) is 38.8 Å². The van der Waals surface area contributed by atoms with Crippen LogP contribution < -0.4 is 9.62 Å². The van der Waals surface area contributed by atoms with Crippen LogP contribution >= 0.6 is 11.3 Å². The Morgan fingerprint density at radius 2 is 1.74 bits per heavy atom. The zero-order valence-corrected chi connectivity index (χ0v) is 25.1. The quantitative estimate of drug-likeness (QED) is 0.339. The second-order valence-electron chi connectivity index (χ2n) is 10.5. The van der Waals surface area contributed by atoms with Crippen LogP contribution in [0.3, 0.4) is 0 Å². The third kappa shape index (κ3) is 6.18. The summed E-state index contributed by atoms with van der Waals surface area (Å²) < 4.78 is 124. The Bertz CT molecular complexity index is 1800. The molecule has 43 heavy (non-hydrogen) atoms. The van der Waals surface area contributed by atoms with Gasteiger partial charge < -0.3 is 4.90 Å². The Labute approximate surface area is 247 Å². The van der Waals surface area contributed by atoms with Gasteiger partial charge in [-0.3, -0.25) is 4.68 Å². The van der Waals surface area contributed by atoms with Gasteiger partial charge in [-0.25, -0.2) is 25.6 Å². The molecule has 1 N–H and O–H groups in total. The third-order valence-corrected chi connectivity index (χ3v) is 11.8. The highest BCUT2D eigenvalue weighted by Crippen LogP contribution is 2.41. The minimum absolute atomic E-state index is 0.000974. The van der Waals surface area contributed by atoms with Crippen molar-refractivity contribution in [3.05, 3.63) is 17.1 Å². The van der Waals surface area contributed by atoms with Crippen LogP contribution in [0.15, 0.2) is 17.0 Å². The smallest absolute Gasteiger partial charge is 0.367 e. The van der Waals surface area contributed by atoms with Crippen LogP contribution in [0.2, 0.25) is 0 Å². The second-order valence-corrected chi connectivity index (χ2v) is 15.7. The molecule has 1 aliphatic heterocycles. The number of nitrogens with one attached hydrogen (secondary N) is 1. The van der Waals surface area contributed by atoms with Gasteiger partial charge in [0.25, 0.3) is 6.43 Å². The first-order valence-corrected chi connectivity index (χ1v) is 16.7. The summed E-state index contributed by atoms with van der Waals surface area (Å²) in [4.78, 5) is 1.15. The number of sulfonamides is 2. The van der Waals surface area contributed by atoms with E-state index in [9.17, 15) is 44.0 Å². The van der Waals surface area contributed by atoms with Crippen molar-refractivity contribution in [1.29, 1.82) is 5.26 Å². The molecule has 0 bridgehead atoms. The summed E-state index contributed by atoms with van der Waals surface area (Å²) in [6.45, 7) is 1.39. The number of nitrogens with zero attached hydrogens (tertiary/aromatic N) is 7. The number of anilines is 1. The molecule has 3 heterocycles. The standard InChI is InChI=1S/C23H25F5N8O4S3/c1-13(2)43(39,40)35-7-5-34(6-8-35)16-10-14(42(37,38)33-22(11-29)3-4-22)9-15-17(20-30-31-21(41-20)19(24)25)32-36(18(15)16)12-23(26,27)28/h9-10,13,19,33H,3-8,12H2,1-2H3. The van der Waals surface area contributed by atoms with Crippen LogP contribution in [0.25, 0.3) is 21.6 Å². The Morgan fingerprint density at radius 3 is 2.26 bits per heavy atom. The summed E-state index contributed by atoms with van der Waals surface area (Å²) in [6, 6.07) is 4.12. The molecule has 1 aromatic carbocycles. The zero-order valence-electron chi connectivity index (χ0n) is 22.6. The van der Waals surface area contributed by atoms with E-state index < -0.39 is 59.9 Å². The van der Waals surface area contributed by atoms with Gasteiger partial charge in [0.15, 0.2) is 10.0 Å². The lowest BCUT2D eigenvalue weighted by Gasteiger charge is -2.36. The lowest BCUT2D eigenvalue weighted by Crippen LogP contribution is -2.50. The Hall–Kier alpha value is -2.99. The molecule has 2 aliphatic rings. The molecule has 5 rings (SSSR count). The Morgan fingerprint density at radius 1 is 1.09 bits per heavy atom. The van der Waals surface area contributed by atoms with E-state index in [-0.39, 0.29) is 66.3 Å². The number of fused-ring (bicyclic) bond motifs is 1. The summed E-state index contributed by atoms with van der Waals surface area (Å²) in [5, 5.41) is 18.8. The number of rotatable bonds is 9. The predicted octanol–water partition coefficient (Wildman–Crippen LogP) is 3.25. The third-order valence-electron chi connectivity index (χ3n) is 7.10. The van der Waals surface area contributed by atoms with Gasteiger partial charge in [0.1, 0.15) is 17.8 Å². The SMILES string of the molecule is CC(C)S(=O)(=O)N1CCN(c2cc(S(=O)(=O)NC3(C#N)CC3)cc3c(-c4nnc(C(F)F)s4)nn(CC(F)(F)F)c23)CC1. The largest absolute Gasteiger partial charge is 0.408 e. The van der Waals surface area contributed by atoms with E-state index in [0.29, 0.717) is 16.0 Å². The summed E-state index contributed by atoms with van der Waals surface area (Å²) in [7, 11) is -8.05. The highest BCUT2D eigenvalue weighted by atomic mass is 32.2. The van der Waals surface area contributed by atoms with Crippen molar-refractivity contribution < 1.29 is 38.8 Å². The second kappa shape index (κ2) is 10.9. The van der Waals surface area contributed by atoms with Gasteiger partial charge in [0.05, 0.1) is 27.4 Å². The highest BCUT2D eigenvalue weighted by Gasteiger charge is 2.47. The maximum Gasteiger partial charge on any atom is 0.408 e. The molecule has 1 saturated carbocycles. The molecule has 20 heteroatoms. The molecule has 2 aromatic heterocycles. The number of benzene rings is 1. The topological polar surface area (TPSA) is 154 Å².